The molecular formula is C13H17N5O2S. The molecule has 0 bridgehead atoms. The number of imide groups is 1. The third-order valence-electron chi connectivity index (χ3n) is 2.81. The minimum absolute atomic E-state index is 0.348. The van der Waals surface area contributed by atoms with Gasteiger partial charge in [-0.15, -0.1) is 0 Å². The summed E-state index contributed by atoms with van der Waals surface area (Å²) in [6, 6.07) is 1.70. The number of amides is 2. The number of carbonyl (C=O) groups excluding carboxylic acids is 2. The summed E-state index contributed by atoms with van der Waals surface area (Å²) in [4.78, 5) is 35.6. The molecule has 1 fully saturated rings. The molecular weight excluding hydrogens is 290 g/mol. The van der Waals surface area contributed by atoms with Gasteiger partial charge in [0.15, 0.2) is 0 Å². The van der Waals surface area contributed by atoms with Crippen molar-refractivity contribution < 1.29 is 9.59 Å². The molecule has 8 heteroatoms. The molecule has 1 aliphatic heterocycles. The number of hydrogen-bond acceptors (Lipinski definition) is 7. The number of rotatable bonds is 5. The average Bonchev–Trinajstić information content (AvgIpc) is 2.74. The van der Waals surface area contributed by atoms with Crippen LogP contribution < -0.4 is 10.2 Å². The molecule has 0 unspecified atom stereocenters. The van der Waals surface area contributed by atoms with E-state index in [0.717, 1.165) is 24.9 Å². The molecule has 1 N–H and O–H groups in total. The molecule has 7 nitrogen and oxygen atoms in total. The van der Waals surface area contributed by atoms with Crippen molar-refractivity contribution in [1.29, 1.82) is 0 Å². The van der Waals surface area contributed by atoms with Gasteiger partial charge in [-0.3, -0.25) is 14.9 Å². The highest BCUT2D eigenvalue weighted by Crippen LogP contribution is 2.25. The Kier molecular flexibility index (Phi) is 4.92. The normalized spacial score (nSPS) is 16.7. The van der Waals surface area contributed by atoms with Crippen LogP contribution in [0.3, 0.4) is 0 Å². The molecule has 2 heterocycles. The van der Waals surface area contributed by atoms with Gasteiger partial charge >= 0.3 is 0 Å². The number of aromatic nitrogens is 2. The summed E-state index contributed by atoms with van der Waals surface area (Å²) in [6.07, 6.45) is 3.23. The molecule has 2 amide bonds. The summed E-state index contributed by atoms with van der Waals surface area (Å²) in [6.45, 7) is 1.68. The maximum atomic E-state index is 11.5. The summed E-state index contributed by atoms with van der Waals surface area (Å²) in [5, 5.41) is 1.86. The summed E-state index contributed by atoms with van der Waals surface area (Å²) in [5.41, 5.74) is 0.601. The van der Waals surface area contributed by atoms with Crippen LogP contribution in [0.15, 0.2) is 17.2 Å². The van der Waals surface area contributed by atoms with Crippen LogP contribution in [0.25, 0.3) is 6.08 Å². The highest BCUT2D eigenvalue weighted by atomic mass is 32.2. The first-order valence-corrected chi connectivity index (χ1v) is 7.21. The third-order valence-corrected chi connectivity index (χ3v) is 3.62. The van der Waals surface area contributed by atoms with Crippen LogP contribution >= 0.6 is 11.8 Å². The highest BCUT2D eigenvalue weighted by Gasteiger charge is 2.25. The standard InChI is InChI=1S/C13H17N5O2S/c1-17(2)6-7-18(3)12-14-5-4-9(15-12)8-10-11(19)16-13(20)21-10/h4-5,8H,6-7H2,1-3H3,(H,16,19,20)/b10-8+. The van der Waals surface area contributed by atoms with Crippen LogP contribution in [-0.4, -0.2) is 60.2 Å². The van der Waals surface area contributed by atoms with Crippen LogP contribution in [0.2, 0.25) is 0 Å². The average molecular weight is 307 g/mol. The molecule has 0 spiro atoms. The van der Waals surface area contributed by atoms with Crippen molar-refractivity contribution in [3.63, 3.8) is 0 Å². The van der Waals surface area contributed by atoms with Crippen LogP contribution in [0, 0.1) is 0 Å². The number of anilines is 1. The van der Waals surface area contributed by atoms with Crippen molar-refractivity contribution in [1.82, 2.24) is 20.2 Å². The Morgan fingerprint density at radius 2 is 2.05 bits per heavy atom. The minimum Gasteiger partial charge on any atom is -0.343 e. The summed E-state index contributed by atoms with van der Waals surface area (Å²) in [5.74, 6) is 0.201. The van der Waals surface area contributed by atoms with E-state index >= 15 is 0 Å². The summed E-state index contributed by atoms with van der Waals surface area (Å²) >= 11 is 0.878. The zero-order valence-corrected chi connectivity index (χ0v) is 13.0. The van der Waals surface area contributed by atoms with E-state index in [-0.39, 0.29) is 11.1 Å². The van der Waals surface area contributed by atoms with Crippen molar-refractivity contribution in [3.05, 3.63) is 22.9 Å². The number of likely N-dealkylation sites (N-methyl/N-ethyl adjacent to an activating group) is 2. The van der Waals surface area contributed by atoms with E-state index in [2.05, 4.69) is 20.2 Å². The largest absolute Gasteiger partial charge is 0.343 e. The lowest BCUT2D eigenvalue weighted by atomic mass is 10.3. The van der Waals surface area contributed by atoms with Gasteiger partial charge in [0, 0.05) is 26.3 Å². The predicted octanol–water partition coefficient (Wildman–Crippen LogP) is 0.798. The van der Waals surface area contributed by atoms with Gasteiger partial charge in [-0.2, -0.15) is 0 Å². The van der Waals surface area contributed by atoms with Crippen molar-refractivity contribution in [3.8, 4) is 0 Å². The second-order valence-corrected chi connectivity index (χ2v) is 5.87. The lowest BCUT2D eigenvalue weighted by Crippen LogP contribution is -2.29. The molecule has 2 rings (SSSR count). The Labute approximate surface area is 127 Å². The SMILES string of the molecule is CN(C)CCN(C)c1nccc(/C=C2/SC(=O)NC2=O)n1. The molecule has 1 saturated heterocycles. The monoisotopic (exact) mass is 307 g/mol. The van der Waals surface area contributed by atoms with Crippen molar-refractivity contribution in [2.75, 3.05) is 39.1 Å². The second kappa shape index (κ2) is 6.68. The molecule has 0 aliphatic carbocycles. The molecule has 0 saturated carbocycles. The van der Waals surface area contributed by atoms with Gasteiger partial charge in [0.1, 0.15) is 0 Å². The summed E-state index contributed by atoms with van der Waals surface area (Å²) in [7, 11) is 5.92. The fourth-order valence-corrected chi connectivity index (χ4v) is 2.30. The Balaban J connectivity index is 2.12. The molecule has 21 heavy (non-hydrogen) atoms. The lowest BCUT2D eigenvalue weighted by molar-refractivity contribution is -0.115. The zero-order valence-electron chi connectivity index (χ0n) is 12.2. The first-order valence-electron chi connectivity index (χ1n) is 6.39. The van der Waals surface area contributed by atoms with E-state index < -0.39 is 0 Å². The Morgan fingerprint density at radius 1 is 1.29 bits per heavy atom. The first kappa shape index (κ1) is 15.5. The smallest absolute Gasteiger partial charge is 0.290 e. The number of nitrogens with zero attached hydrogens (tertiary/aromatic N) is 4. The van der Waals surface area contributed by atoms with E-state index in [1.54, 1.807) is 18.3 Å². The zero-order chi connectivity index (χ0) is 15.4. The molecule has 0 aromatic carbocycles. The van der Waals surface area contributed by atoms with Gasteiger partial charge in [-0.1, -0.05) is 0 Å². The molecule has 1 aliphatic rings. The van der Waals surface area contributed by atoms with Crippen molar-refractivity contribution >= 4 is 34.9 Å². The molecule has 0 atom stereocenters. The fourth-order valence-electron chi connectivity index (χ4n) is 1.63. The van der Waals surface area contributed by atoms with E-state index in [0.29, 0.717) is 16.5 Å². The molecule has 0 radical (unpaired) electrons. The van der Waals surface area contributed by atoms with Crippen molar-refractivity contribution in [2.24, 2.45) is 0 Å². The molecule has 1 aromatic rings. The van der Waals surface area contributed by atoms with Crippen LogP contribution in [0.4, 0.5) is 10.7 Å². The first-order chi connectivity index (χ1) is 9.95. The Bertz CT molecular complexity index is 588. The van der Waals surface area contributed by atoms with Gasteiger partial charge in [0.05, 0.1) is 10.6 Å². The number of carbonyl (C=O) groups is 2. The third kappa shape index (κ3) is 4.27. The topological polar surface area (TPSA) is 78.4 Å². The van der Waals surface area contributed by atoms with Crippen LogP contribution in [-0.2, 0) is 4.79 Å². The highest BCUT2D eigenvalue weighted by molar-refractivity contribution is 8.18. The van der Waals surface area contributed by atoms with Gasteiger partial charge in [-0.05, 0) is 38.0 Å². The number of hydrogen-bond donors (Lipinski definition) is 1. The van der Waals surface area contributed by atoms with E-state index in [4.69, 9.17) is 0 Å². The second-order valence-electron chi connectivity index (χ2n) is 4.86. The minimum atomic E-state index is -0.383. The van der Waals surface area contributed by atoms with Crippen LogP contribution in [0.5, 0.6) is 0 Å². The number of thioether (sulfide) groups is 1. The maximum Gasteiger partial charge on any atom is 0.290 e. The van der Waals surface area contributed by atoms with Crippen molar-refractivity contribution in [2.45, 2.75) is 0 Å². The molecule has 112 valence electrons. The van der Waals surface area contributed by atoms with E-state index in [1.807, 2.05) is 26.0 Å². The van der Waals surface area contributed by atoms with Crippen LogP contribution in [0.1, 0.15) is 5.69 Å². The fraction of sp³-hybridized carbons (Fsp3) is 0.385. The predicted molar refractivity (Wildman–Crippen MR) is 83.0 cm³/mol. The quantitative estimate of drug-likeness (QED) is 0.806. The molecule has 1 aromatic heterocycles. The van der Waals surface area contributed by atoms with Gasteiger partial charge in [-0.25, -0.2) is 9.97 Å². The number of nitrogens with one attached hydrogen (secondary N) is 1. The Hall–Kier alpha value is -1.93. The van der Waals surface area contributed by atoms with Gasteiger partial charge in [0.2, 0.25) is 5.95 Å². The van der Waals surface area contributed by atoms with E-state index in [1.165, 1.54) is 0 Å². The van der Waals surface area contributed by atoms with Gasteiger partial charge < -0.3 is 9.80 Å². The van der Waals surface area contributed by atoms with Gasteiger partial charge in [0.25, 0.3) is 11.1 Å². The Morgan fingerprint density at radius 3 is 2.67 bits per heavy atom. The summed E-state index contributed by atoms with van der Waals surface area (Å²) < 4.78 is 0. The lowest BCUT2D eigenvalue weighted by Gasteiger charge is -2.19. The van der Waals surface area contributed by atoms with E-state index in [9.17, 15) is 9.59 Å². The maximum absolute atomic E-state index is 11.5.